The molecule has 1 aliphatic carbocycles. The number of benzene rings is 1. The molecule has 2 nitrogen and oxygen atoms in total. The highest BCUT2D eigenvalue weighted by atomic mass is 79.9. The second-order valence-electron chi connectivity index (χ2n) is 5.29. The Bertz CT molecular complexity index is 616. The summed E-state index contributed by atoms with van der Waals surface area (Å²) in [6.45, 7) is 2.70. The average molecular weight is 366 g/mol. The van der Waals surface area contributed by atoms with E-state index in [2.05, 4.69) is 45.5 Å². The first-order valence-corrected chi connectivity index (χ1v) is 9.05. The van der Waals surface area contributed by atoms with Gasteiger partial charge in [0.05, 0.1) is 12.6 Å². The molecule has 1 aromatic carbocycles. The molecule has 1 aromatic heterocycles. The van der Waals surface area contributed by atoms with Crippen molar-refractivity contribution >= 4 is 27.3 Å². The predicted octanol–water partition coefficient (Wildman–Crippen LogP) is 4.71. The molecule has 0 aliphatic heterocycles. The zero-order chi connectivity index (χ0) is 14.8. The minimum atomic E-state index is 0.241. The van der Waals surface area contributed by atoms with Gasteiger partial charge in [-0.3, -0.25) is 0 Å². The Morgan fingerprint density at radius 3 is 2.86 bits per heavy atom. The number of rotatable bonds is 5. The van der Waals surface area contributed by atoms with E-state index >= 15 is 0 Å². The van der Waals surface area contributed by atoms with Gasteiger partial charge >= 0.3 is 0 Å². The second-order valence-corrected chi connectivity index (χ2v) is 7.31. The number of fused-ring (bicyclic) bond motifs is 1. The van der Waals surface area contributed by atoms with Crippen molar-refractivity contribution in [1.82, 2.24) is 5.32 Å². The van der Waals surface area contributed by atoms with Crippen molar-refractivity contribution in [2.75, 3.05) is 13.7 Å². The van der Waals surface area contributed by atoms with E-state index in [1.807, 2.05) is 25.3 Å². The fraction of sp³-hybridized carbons (Fsp3) is 0.412. The Morgan fingerprint density at radius 2 is 2.19 bits per heavy atom. The van der Waals surface area contributed by atoms with Gasteiger partial charge in [0.15, 0.2) is 0 Å². The minimum absolute atomic E-state index is 0.241. The van der Waals surface area contributed by atoms with E-state index in [-0.39, 0.29) is 6.04 Å². The molecular formula is C17H20BrNOS. The van der Waals surface area contributed by atoms with Crippen LogP contribution in [0.1, 0.15) is 40.3 Å². The van der Waals surface area contributed by atoms with Crippen LogP contribution in [-0.4, -0.2) is 13.7 Å². The molecule has 0 amide bonds. The average Bonchev–Trinajstić information content (AvgIpc) is 3.03. The fourth-order valence-corrected chi connectivity index (χ4v) is 4.92. The molecule has 1 aliphatic rings. The van der Waals surface area contributed by atoms with Crippen LogP contribution in [0.3, 0.4) is 0 Å². The van der Waals surface area contributed by atoms with Crippen molar-refractivity contribution in [3.63, 3.8) is 0 Å². The summed E-state index contributed by atoms with van der Waals surface area (Å²) in [6.07, 6.45) is 3.81. The number of aryl methyl sites for hydroxylation is 2. The lowest BCUT2D eigenvalue weighted by molar-refractivity contribution is 0.340. The maximum Gasteiger partial charge on any atom is 0.120 e. The van der Waals surface area contributed by atoms with E-state index in [1.54, 1.807) is 10.4 Å². The third-order valence-corrected chi connectivity index (χ3v) is 5.92. The van der Waals surface area contributed by atoms with Gasteiger partial charge in [0.25, 0.3) is 0 Å². The van der Waals surface area contributed by atoms with Gasteiger partial charge in [0.1, 0.15) is 5.75 Å². The lowest BCUT2D eigenvalue weighted by Crippen LogP contribution is -2.17. The third-order valence-electron chi connectivity index (χ3n) is 3.93. The summed E-state index contributed by atoms with van der Waals surface area (Å²) in [5.41, 5.74) is 2.82. The van der Waals surface area contributed by atoms with Crippen molar-refractivity contribution < 1.29 is 4.74 Å². The van der Waals surface area contributed by atoms with Crippen LogP contribution in [0.5, 0.6) is 5.75 Å². The van der Waals surface area contributed by atoms with E-state index in [9.17, 15) is 0 Å². The first-order valence-electron chi connectivity index (χ1n) is 7.44. The molecule has 0 fully saturated rings. The summed E-state index contributed by atoms with van der Waals surface area (Å²) in [5, 5.41) is 3.46. The van der Waals surface area contributed by atoms with Crippen molar-refractivity contribution in [2.24, 2.45) is 0 Å². The summed E-state index contributed by atoms with van der Waals surface area (Å²) >= 11 is 5.65. The predicted molar refractivity (Wildman–Crippen MR) is 92.6 cm³/mol. The second kappa shape index (κ2) is 6.51. The number of nitrogens with one attached hydrogen (secondary N) is 1. The van der Waals surface area contributed by atoms with Gasteiger partial charge in [-0.2, -0.15) is 0 Å². The molecule has 0 saturated heterocycles. The Kier molecular flexibility index (Phi) is 4.67. The molecule has 0 bridgehead atoms. The van der Waals surface area contributed by atoms with Crippen LogP contribution in [0.15, 0.2) is 28.7 Å². The Balaban J connectivity index is 1.92. The Hall–Kier alpha value is -0.840. The normalized spacial score (nSPS) is 15.0. The summed E-state index contributed by atoms with van der Waals surface area (Å²) in [4.78, 5) is 2.99. The van der Waals surface area contributed by atoms with E-state index in [0.29, 0.717) is 6.61 Å². The smallest absolute Gasteiger partial charge is 0.120 e. The molecule has 112 valence electrons. The largest absolute Gasteiger partial charge is 0.494 e. The molecule has 0 radical (unpaired) electrons. The summed E-state index contributed by atoms with van der Waals surface area (Å²) in [7, 11) is 2.03. The summed E-state index contributed by atoms with van der Waals surface area (Å²) in [6, 6.07) is 8.89. The molecule has 1 unspecified atom stereocenters. The first-order chi connectivity index (χ1) is 10.2. The molecule has 21 heavy (non-hydrogen) atoms. The maximum atomic E-state index is 5.56. The van der Waals surface area contributed by atoms with Crippen molar-refractivity contribution in [2.45, 2.75) is 32.2 Å². The van der Waals surface area contributed by atoms with Gasteiger partial charge in [0.2, 0.25) is 0 Å². The van der Waals surface area contributed by atoms with Gasteiger partial charge in [-0.15, -0.1) is 11.3 Å². The van der Waals surface area contributed by atoms with Gasteiger partial charge < -0.3 is 10.1 Å². The number of thiophene rings is 1. The lowest BCUT2D eigenvalue weighted by Gasteiger charge is -2.18. The number of hydrogen-bond donors (Lipinski definition) is 1. The first kappa shape index (κ1) is 15.1. The molecular weight excluding hydrogens is 346 g/mol. The van der Waals surface area contributed by atoms with E-state index < -0.39 is 0 Å². The monoisotopic (exact) mass is 365 g/mol. The molecule has 2 aromatic rings. The van der Waals surface area contributed by atoms with Gasteiger partial charge in [-0.25, -0.2) is 0 Å². The van der Waals surface area contributed by atoms with Gasteiger partial charge in [0, 0.05) is 14.2 Å². The zero-order valence-corrected chi connectivity index (χ0v) is 14.8. The molecule has 4 heteroatoms. The molecule has 1 heterocycles. The zero-order valence-electron chi connectivity index (χ0n) is 12.4. The molecule has 0 saturated carbocycles. The van der Waals surface area contributed by atoms with E-state index in [1.165, 1.54) is 29.7 Å². The summed E-state index contributed by atoms with van der Waals surface area (Å²) in [5.74, 6) is 0.914. The van der Waals surface area contributed by atoms with Gasteiger partial charge in [-0.05, 0) is 62.6 Å². The van der Waals surface area contributed by atoms with Crippen LogP contribution >= 0.6 is 27.3 Å². The topological polar surface area (TPSA) is 21.3 Å². The fourth-order valence-electron chi connectivity index (χ4n) is 2.94. The van der Waals surface area contributed by atoms with Crippen molar-refractivity contribution in [3.05, 3.63) is 49.6 Å². The van der Waals surface area contributed by atoms with Crippen LogP contribution < -0.4 is 10.1 Å². The SMILES string of the molecule is CCOc1ccc(C(NC)c2cc3c(s2)CCC3)c(Br)c1. The van der Waals surface area contributed by atoms with Crippen molar-refractivity contribution in [1.29, 1.82) is 0 Å². The number of ether oxygens (including phenoxy) is 1. The number of hydrogen-bond acceptors (Lipinski definition) is 3. The van der Waals surface area contributed by atoms with Crippen LogP contribution in [0, 0.1) is 0 Å². The van der Waals surface area contributed by atoms with Gasteiger partial charge in [-0.1, -0.05) is 22.0 Å². The highest BCUT2D eigenvalue weighted by molar-refractivity contribution is 9.10. The quantitative estimate of drug-likeness (QED) is 0.828. The molecule has 1 atom stereocenters. The highest BCUT2D eigenvalue weighted by Crippen LogP contribution is 2.38. The number of halogens is 1. The Labute approximate surface area is 138 Å². The standard InChI is InChI=1S/C17H20BrNOS/c1-3-20-12-7-8-13(14(18)10-12)17(19-2)16-9-11-5-4-6-15(11)21-16/h7-10,17,19H,3-6H2,1-2H3. The highest BCUT2D eigenvalue weighted by Gasteiger charge is 2.22. The molecule has 3 rings (SSSR count). The van der Waals surface area contributed by atoms with E-state index in [0.717, 1.165) is 10.2 Å². The third kappa shape index (κ3) is 3.03. The van der Waals surface area contributed by atoms with E-state index in [4.69, 9.17) is 4.74 Å². The van der Waals surface area contributed by atoms with Crippen LogP contribution in [0.25, 0.3) is 0 Å². The Morgan fingerprint density at radius 1 is 1.33 bits per heavy atom. The van der Waals surface area contributed by atoms with Crippen LogP contribution in [0.2, 0.25) is 0 Å². The van der Waals surface area contributed by atoms with Crippen LogP contribution in [0.4, 0.5) is 0 Å². The summed E-state index contributed by atoms with van der Waals surface area (Å²) < 4.78 is 6.66. The lowest BCUT2D eigenvalue weighted by atomic mass is 10.0. The maximum absolute atomic E-state index is 5.56. The van der Waals surface area contributed by atoms with Crippen molar-refractivity contribution in [3.8, 4) is 5.75 Å². The molecule has 0 spiro atoms. The minimum Gasteiger partial charge on any atom is -0.494 e. The molecule has 1 N–H and O–H groups in total. The van der Waals surface area contributed by atoms with Crippen LogP contribution in [-0.2, 0) is 12.8 Å².